The first-order valence-corrected chi connectivity index (χ1v) is 8.50. The normalized spacial score (nSPS) is 27.3. The van der Waals surface area contributed by atoms with Crippen molar-refractivity contribution in [3.8, 4) is 0 Å². The van der Waals surface area contributed by atoms with Gasteiger partial charge in [0.1, 0.15) is 5.54 Å². The minimum absolute atomic E-state index is 0.158. The van der Waals surface area contributed by atoms with Gasteiger partial charge in [-0.15, -0.1) is 0 Å². The molecule has 1 saturated carbocycles. The molecule has 3 atom stereocenters. The van der Waals surface area contributed by atoms with Crippen molar-refractivity contribution in [2.24, 2.45) is 0 Å². The number of ether oxygens (including phenoxy) is 2. The molecular weight excluding hydrogens is 266 g/mol. The molecule has 0 amide bonds. The minimum Gasteiger partial charge on any atom is -0.468 e. The molecule has 0 saturated heterocycles. The van der Waals surface area contributed by atoms with E-state index in [2.05, 4.69) is 19.2 Å². The largest absolute Gasteiger partial charge is 0.468 e. The summed E-state index contributed by atoms with van der Waals surface area (Å²) in [6.45, 7) is 4.38. The van der Waals surface area contributed by atoms with E-state index in [1.165, 1.54) is 32.8 Å². The van der Waals surface area contributed by atoms with Gasteiger partial charge in [0.15, 0.2) is 0 Å². The van der Waals surface area contributed by atoms with Gasteiger partial charge < -0.3 is 14.8 Å². The van der Waals surface area contributed by atoms with Crippen molar-refractivity contribution in [1.29, 1.82) is 0 Å². The second kappa shape index (κ2) is 9.42. The number of carbonyl (C=O) groups is 1. The summed E-state index contributed by atoms with van der Waals surface area (Å²) in [7, 11) is 3.30. The molecule has 0 aromatic carbocycles. The van der Waals surface area contributed by atoms with Crippen LogP contribution < -0.4 is 5.32 Å². The van der Waals surface area contributed by atoms with Crippen molar-refractivity contribution in [3.05, 3.63) is 0 Å². The number of hydrogen-bond acceptors (Lipinski definition) is 4. The van der Waals surface area contributed by atoms with Crippen molar-refractivity contribution in [2.75, 3.05) is 14.2 Å². The molecule has 1 aliphatic rings. The Morgan fingerprint density at radius 3 is 2.76 bits per heavy atom. The zero-order chi connectivity index (χ0) is 15.7. The van der Waals surface area contributed by atoms with E-state index in [1.54, 1.807) is 0 Å². The Bertz CT molecular complexity index is 308. The Hall–Kier alpha value is -0.610. The van der Waals surface area contributed by atoms with Crippen LogP contribution in [0.2, 0.25) is 0 Å². The van der Waals surface area contributed by atoms with Crippen molar-refractivity contribution >= 4 is 5.97 Å². The van der Waals surface area contributed by atoms with Crippen molar-refractivity contribution in [2.45, 2.75) is 89.4 Å². The minimum atomic E-state index is -0.556. The fraction of sp³-hybridized carbons (Fsp3) is 0.941. The first kappa shape index (κ1) is 18.4. The lowest BCUT2D eigenvalue weighted by Crippen LogP contribution is -2.55. The maximum absolute atomic E-state index is 12.1. The highest BCUT2D eigenvalue weighted by molar-refractivity contribution is 5.80. The van der Waals surface area contributed by atoms with E-state index in [9.17, 15) is 4.79 Å². The van der Waals surface area contributed by atoms with Crippen LogP contribution in [-0.2, 0) is 14.3 Å². The zero-order valence-electron chi connectivity index (χ0n) is 14.2. The molecule has 3 unspecified atom stereocenters. The number of unbranched alkanes of at least 4 members (excludes halogenated alkanes) is 3. The predicted octanol–water partition coefficient (Wildman–Crippen LogP) is 3.44. The van der Waals surface area contributed by atoms with E-state index < -0.39 is 5.54 Å². The molecular formula is C17H33NO3. The summed E-state index contributed by atoms with van der Waals surface area (Å²) >= 11 is 0. The van der Waals surface area contributed by atoms with E-state index in [4.69, 9.17) is 9.47 Å². The molecule has 0 aromatic rings. The van der Waals surface area contributed by atoms with E-state index in [-0.39, 0.29) is 18.2 Å². The maximum Gasteiger partial charge on any atom is 0.326 e. The number of hydrogen-bond donors (Lipinski definition) is 1. The predicted molar refractivity (Wildman–Crippen MR) is 85.4 cm³/mol. The van der Waals surface area contributed by atoms with E-state index in [0.29, 0.717) is 0 Å². The van der Waals surface area contributed by atoms with Crippen LogP contribution in [0.25, 0.3) is 0 Å². The smallest absolute Gasteiger partial charge is 0.326 e. The van der Waals surface area contributed by atoms with Crippen LogP contribution in [0.1, 0.15) is 71.6 Å². The number of carbonyl (C=O) groups excluding carboxylic acids is 1. The molecule has 21 heavy (non-hydrogen) atoms. The molecule has 4 heteroatoms. The lowest BCUT2D eigenvalue weighted by molar-refractivity contribution is -0.153. The van der Waals surface area contributed by atoms with Crippen molar-refractivity contribution in [1.82, 2.24) is 5.32 Å². The fourth-order valence-electron chi connectivity index (χ4n) is 3.31. The van der Waals surface area contributed by atoms with Crippen LogP contribution in [0.3, 0.4) is 0 Å². The van der Waals surface area contributed by atoms with Gasteiger partial charge in [0.25, 0.3) is 0 Å². The number of esters is 1. The summed E-state index contributed by atoms with van der Waals surface area (Å²) < 4.78 is 11.1. The van der Waals surface area contributed by atoms with Gasteiger partial charge >= 0.3 is 5.97 Å². The average molecular weight is 299 g/mol. The third-order valence-corrected chi connectivity index (χ3v) is 4.65. The Morgan fingerprint density at radius 1 is 1.38 bits per heavy atom. The lowest BCUT2D eigenvalue weighted by Gasteiger charge is -2.39. The summed E-state index contributed by atoms with van der Waals surface area (Å²) in [4.78, 5) is 12.1. The molecule has 1 aliphatic carbocycles. The quantitative estimate of drug-likeness (QED) is 0.523. The molecule has 4 nitrogen and oxygen atoms in total. The van der Waals surface area contributed by atoms with E-state index >= 15 is 0 Å². The van der Waals surface area contributed by atoms with Gasteiger partial charge in [0.05, 0.1) is 19.3 Å². The summed E-state index contributed by atoms with van der Waals surface area (Å²) in [6, 6.07) is 0. The molecule has 0 aliphatic heterocycles. The maximum atomic E-state index is 12.1. The highest BCUT2D eigenvalue weighted by Gasteiger charge is 2.43. The molecule has 0 bridgehead atoms. The average Bonchev–Trinajstić information content (AvgIpc) is 2.50. The summed E-state index contributed by atoms with van der Waals surface area (Å²) in [6.07, 6.45) is 10.2. The van der Waals surface area contributed by atoms with Crippen LogP contribution >= 0.6 is 0 Å². The second-order valence-corrected chi connectivity index (χ2v) is 6.34. The van der Waals surface area contributed by atoms with Crippen molar-refractivity contribution in [3.63, 3.8) is 0 Å². The standard InChI is InChI=1S/C17H33NO3/c1-5-6-7-8-10-14(2)21-15-11-9-12-17(13-15,18-3)16(19)20-4/h14-15,18H,5-13H2,1-4H3. The first-order valence-electron chi connectivity index (χ1n) is 8.50. The molecule has 0 heterocycles. The van der Waals surface area contributed by atoms with Gasteiger partial charge in [-0.3, -0.25) is 4.79 Å². The number of nitrogens with one attached hydrogen (secondary N) is 1. The van der Waals surface area contributed by atoms with E-state index in [1.807, 2.05) is 7.05 Å². The van der Waals surface area contributed by atoms with Gasteiger partial charge in [0.2, 0.25) is 0 Å². The van der Waals surface area contributed by atoms with Gasteiger partial charge in [-0.1, -0.05) is 32.6 Å². The van der Waals surface area contributed by atoms with Gasteiger partial charge in [0, 0.05) is 6.42 Å². The molecule has 1 N–H and O–H groups in total. The van der Waals surface area contributed by atoms with Crippen LogP contribution in [0, 0.1) is 0 Å². The molecule has 1 rings (SSSR count). The third-order valence-electron chi connectivity index (χ3n) is 4.65. The summed E-state index contributed by atoms with van der Waals surface area (Å²) in [5, 5.41) is 3.18. The topological polar surface area (TPSA) is 47.6 Å². The van der Waals surface area contributed by atoms with Gasteiger partial charge in [-0.2, -0.15) is 0 Å². The Morgan fingerprint density at radius 2 is 2.14 bits per heavy atom. The van der Waals surface area contributed by atoms with Gasteiger partial charge in [-0.05, 0) is 39.7 Å². The number of rotatable bonds is 9. The zero-order valence-corrected chi connectivity index (χ0v) is 14.2. The highest BCUT2D eigenvalue weighted by Crippen LogP contribution is 2.32. The van der Waals surface area contributed by atoms with Crippen LogP contribution in [0.15, 0.2) is 0 Å². The van der Waals surface area contributed by atoms with Crippen molar-refractivity contribution < 1.29 is 14.3 Å². The number of methoxy groups -OCH3 is 1. The highest BCUT2D eigenvalue weighted by atomic mass is 16.5. The first-order chi connectivity index (χ1) is 10.1. The Kier molecular flexibility index (Phi) is 8.27. The lowest BCUT2D eigenvalue weighted by atomic mass is 9.80. The Labute approximate surface area is 130 Å². The molecule has 1 fully saturated rings. The molecule has 124 valence electrons. The molecule has 0 spiro atoms. The van der Waals surface area contributed by atoms with Crippen LogP contribution in [0.5, 0.6) is 0 Å². The SMILES string of the molecule is CCCCCCC(C)OC1CCCC(NC)(C(=O)OC)C1. The van der Waals surface area contributed by atoms with E-state index in [0.717, 1.165) is 32.1 Å². The van der Waals surface area contributed by atoms with Crippen LogP contribution in [-0.4, -0.2) is 37.9 Å². The number of likely N-dealkylation sites (N-methyl/N-ethyl adjacent to an activating group) is 1. The fourth-order valence-corrected chi connectivity index (χ4v) is 3.31. The molecule has 0 aromatic heterocycles. The second-order valence-electron chi connectivity index (χ2n) is 6.34. The summed E-state index contributed by atoms with van der Waals surface area (Å²) in [5.41, 5.74) is -0.556. The van der Waals surface area contributed by atoms with Crippen LogP contribution in [0.4, 0.5) is 0 Å². The molecule has 0 radical (unpaired) electrons. The Balaban J connectivity index is 2.43. The third kappa shape index (κ3) is 5.59. The van der Waals surface area contributed by atoms with Gasteiger partial charge in [-0.25, -0.2) is 0 Å². The monoisotopic (exact) mass is 299 g/mol. The summed E-state index contributed by atoms with van der Waals surface area (Å²) in [5.74, 6) is -0.158.